The normalized spacial score (nSPS) is 11.8. The van der Waals surface area contributed by atoms with E-state index < -0.39 is 0 Å². The molecule has 0 amide bonds. The van der Waals surface area contributed by atoms with E-state index in [1.54, 1.807) is 0 Å². The maximum atomic E-state index is 7.00. The van der Waals surface area contributed by atoms with E-state index >= 15 is 0 Å². The van der Waals surface area contributed by atoms with Gasteiger partial charge in [-0.15, -0.1) is 11.3 Å². The molecule has 0 N–H and O–H groups in total. The quantitative estimate of drug-likeness (QED) is 0.167. The van der Waals surface area contributed by atoms with Crippen LogP contribution in [0, 0.1) is 0 Å². The first-order valence-electron chi connectivity index (χ1n) is 18.0. The first kappa shape index (κ1) is 30.0. The van der Waals surface area contributed by atoms with E-state index in [0.29, 0.717) is 0 Å². The summed E-state index contributed by atoms with van der Waals surface area (Å²) < 4.78 is 9.55. The molecule has 0 saturated carbocycles. The predicted octanol–water partition coefficient (Wildman–Crippen LogP) is 15.1. The van der Waals surface area contributed by atoms with Gasteiger partial charge in [-0.1, -0.05) is 146 Å². The van der Waals surface area contributed by atoms with E-state index in [4.69, 9.17) is 4.42 Å². The molecule has 248 valence electrons. The summed E-state index contributed by atoms with van der Waals surface area (Å²) in [5, 5.41) is 9.78. The summed E-state index contributed by atoms with van der Waals surface area (Å²) in [6, 6.07) is 67.9. The lowest BCUT2D eigenvalue weighted by molar-refractivity contribution is 0.670. The van der Waals surface area contributed by atoms with Crippen LogP contribution in [-0.2, 0) is 0 Å². The summed E-state index contributed by atoms with van der Waals surface area (Å²) in [6.07, 6.45) is 0. The van der Waals surface area contributed by atoms with Gasteiger partial charge in [-0.05, 0) is 80.7 Å². The second kappa shape index (κ2) is 11.9. The standard InChI is InChI=1S/C50H31NOS/c1-2-11-33(12-3-1)39-16-8-17-40-41-18-9-20-45(50(41)52-49(39)40)51(44-19-10-22-47-48(44)42-15-6-7-21-46(42)53-47)37-29-27-32(28-30-37)36-26-25-35-24-23-34-13-4-5-14-38(34)43(35)31-36/h1-31H. The summed E-state index contributed by atoms with van der Waals surface area (Å²) in [7, 11) is 0. The van der Waals surface area contributed by atoms with Crippen molar-refractivity contribution in [1.82, 2.24) is 0 Å². The fraction of sp³-hybridized carbons (Fsp3) is 0. The largest absolute Gasteiger partial charge is 0.453 e. The molecule has 11 rings (SSSR count). The SMILES string of the molecule is c1ccc(-c2cccc3c2oc2c(N(c4ccc(-c5ccc6ccc7ccccc7c6c5)cc4)c4cccc5sc6ccccc6c45)cccc23)cc1. The molecule has 0 unspecified atom stereocenters. The molecular formula is C50H31NOS. The first-order valence-corrected chi connectivity index (χ1v) is 18.8. The smallest absolute Gasteiger partial charge is 0.159 e. The van der Waals surface area contributed by atoms with Gasteiger partial charge in [-0.25, -0.2) is 0 Å². The Labute approximate surface area is 310 Å². The van der Waals surface area contributed by atoms with Gasteiger partial charge < -0.3 is 9.32 Å². The Morgan fingerprint density at radius 3 is 1.87 bits per heavy atom. The highest BCUT2D eigenvalue weighted by atomic mass is 32.1. The minimum Gasteiger partial charge on any atom is -0.453 e. The van der Waals surface area contributed by atoms with Crippen molar-refractivity contribution in [2.24, 2.45) is 0 Å². The van der Waals surface area contributed by atoms with Crippen LogP contribution in [0.5, 0.6) is 0 Å². The number of para-hydroxylation sites is 2. The van der Waals surface area contributed by atoms with Crippen LogP contribution in [0.1, 0.15) is 0 Å². The summed E-state index contributed by atoms with van der Waals surface area (Å²) in [5.74, 6) is 0. The zero-order chi connectivity index (χ0) is 34.9. The van der Waals surface area contributed by atoms with Crippen molar-refractivity contribution in [3.05, 3.63) is 188 Å². The van der Waals surface area contributed by atoms with Gasteiger partial charge in [-0.2, -0.15) is 0 Å². The Kier molecular flexibility index (Phi) is 6.76. The molecule has 0 aliphatic rings. The van der Waals surface area contributed by atoms with Crippen molar-refractivity contribution < 1.29 is 4.42 Å². The molecule has 53 heavy (non-hydrogen) atoms. The van der Waals surface area contributed by atoms with Crippen molar-refractivity contribution in [3.8, 4) is 22.3 Å². The summed E-state index contributed by atoms with van der Waals surface area (Å²) in [4.78, 5) is 2.39. The van der Waals surface area contributed by atoms with E-state index in [2.05, 4.69) is 193 Å². The number of hydrogen-bond donors (Lipinski definition) is 0. The number of hydrogen-bond acceptors (Lipinski definition) is 3. The fourth-order valence-corrected chi connectivity index (χ4v) is 9.29. The lowest BCUT2D eigenvalue weighted by Gasteiger charge is -2.26. The molecule has 0 aliphatic heterocycles. The molecule has 0 atom stereocenters. The highest BCUT2D eigenvalue weighted by Gasteiger charge is 2.23. The molecule has 0 aliphatic carbocycles. The number of fused-ring (bicyclic) bond motifs is 9. The summed E-state index contributed by atoms with van der Waals surface area (Å²) in [6.45, 7) is 0. The van der Waals surface area contributed by atoms with Crippen molar-refractivity contribution in [3.63, 3.8) is 0 Å². The van der Waals surface area contributed by atoms with Gasteiger partial charge in [-0.3, -0.25) is 0 Å². The Morgan fingerprint density at radius 1 is 0.377 bits per heavy atom. The van der Waals surface area contributed by atoms with E-state index in [9.17, 15) is 0 Å². The maximum absolute atomic E-state index is 7.00. The van der Waals surface area contributed by atoms with Crippen LogP contribution in [0.15, 0.2) is 192 Å². The van der Waals surface area contributed by atoms with Gasteiger partial charge in [0.1, 0.15) is 5.58 Å². The molecule has 9 aromatic carbocycles. The molecular weight excluding hydrogens is 663 g/mol. The highest BCUT2D eigenvalue weighted by molar-refractivity contribution is 7.26. The molecule has 0 bridgehead atoms. The minimum absolute atomic E-state index is 0.868. The van der Waals surface area contributed by atoms with Gasteiger partial charge >= 0.3 is 0 Å². The molecule has 0 saturated heterocycles. The first-order chi connectivity index (χ1) is 26.3. The summed E-state index contributed by atoms with van der Waals surface area (Å²) in [5.41, 5.74) is 9.58. The van der Waals surface area contributed by atoms with Gasteiger partial charge in [0.15, 0.2) is 5.58 Å². The lowest BCUT2D eigenvalue weighted by Crippen LogP contribution is -2.10. The second-order valence-electron chi connectivity index (χ2n) is 13.7. The van der Waals surface area contributed by atoms with Gasteiger partial charge in [0.2, 0.25) is 0 Å². The predicted molar refractivity (Wildman–Crippen MR) is 227 cm³/mol. The molecule has 3 heteroatoms. The molecule has 2 aromatic heterocycles. The topological polar surface area (TPSA) is 16.4 Å². The number of benzene rings is 9. The van der Waals surface area contributed by atoms with Crippen LogP contribution < -0.4 is 4.90 Å². The molecule has 11 aromatic rings. The Bertz CT molecular complexity index is 3170. The lowest BCUT2D eigenvalue weighted by atomic mass is 9.97. The molecule has 0 fully saturated rings. The molecule has 2 nitrogen and oxygen atoms in total. The third kappa shape index (κ3) is 4.78. The number of rotatable bonds is 5. The average Bonchev–Trinajstić information content (AvgIpc) is 3.81. The van der Waals surface area contributed by atoms with Gasteiger partial charge in [0.25, 0.3) is 0 Å². The van der Waals surface area contributed by atoms with Crippen LogP contribution >= 0.6 is 11.3 Å². The Balaban J connectivity index is 1.13. The van der Waals surface area contributed by atoms with Gasteiger partial charge in [0.05, 0.1) is 11.4 Å². The van der Waals surface area contributed by atoms with Gasteiger partial charge in [0, 0.05) is 42.2 Å². The second-order valence-corrected chi connectivity index (χ2v) is 14.7. The molecule has 0 radical (unpaired) electrons. The number of furan rings is 1. The minimum atomic E-state index is 0.868. The van der Waals surface area contributed by atoms with Crippen LogP contribution in [0.3, 0.4) is 0 Å². The highest BCUT2D eigenvalue weighted by Crippen LogP contribution is 2.48. The van der Waals surface area contributed by atoms with Crippen molar-refractivity contribution in [2.75, 3.05) is 4.90 Å². The third-order valence-electron chi connectivity index (χ3n) is 10.7. The van der Waals surface area contributed by atoms with Crippen LogP contribution in [0.25, 0.3) is 85.9 Å². The number of nitrogens with zero attached hydrogens (tertiary/aromatic N) is 1. The Morgan fingerprint density at radius 2 is 1.00 bits per heavy atom. The number of anilines is 3. The van der Waals surface area contributed by atoms with Crippen LogP contribution in [0.4, 0.5) is 17.1 Å². The monoisotopic (exact) mass is 693 g/mol. The number of thiophene rings is 1. The molecule has 2 heterocycles. The van der Waals surface area contributed by atoms with Crippen LogP contribution in [0.2, 0.25) is 0 Å². The fourth-order valence-electron chi connectivity index (χ4n) is 8.16. The zero-order valence-corrected chi connectivity index (χ0v) is 29.5. The Hall–Kier alpha value is -6.68. The van der Waals surface area contributed by atoms with E-state index in [-0.39, 0.29) is 0 Å². The van der Waals surface area contributed by atoms with Crippen molar-refractivity contribution >= 4 is 92.1 Å². The average molecular weight is 694 g/mol. The maximum Gasteiger partial charge on any atom is 0.159 e. The third-order valence-corrected chi connectivity index (χ3v) is 11.8. The van der Waals surface area contributed by atoms with Crippen molar-refractivity contribution in [2.45, 2.75) is 0 Å². The summed E-state index contributed by atoms with van der Waals surface area (Å²) >= 11 is 1.84. The van der Waals surface area contributed by atoms with Crippen molar-refractivity contribution in [1.29, 1.82) is 0 Å². The van der Waals surface area contributed by atoms with Crippen LogP contribution in [-0.4, -0.2) is 0 Å². The van der Waals surface area contributed by atoms with E-state index in [0.717, 1.165) is 50.1 Å². The zero-order valence-electron chi connectivity index (χ0n) is 28.7. The van der Waals surface area contributed by atoms with E-state index in [1.807, 2.05) is 11.3 Å². The molecule has 0 spiro atoms. The van der Waals surface area contributed by atoms with E-state index in [1.165, 1.54) is 52.8 Å².